The van der Waals surface area contributed by atoms with E-state index in [1.54, 1.807) is 14.2 Å². The minimum absolute atomic E-state index is 0. The van der Waals surface area contributed by atoms with Gasteiger partial charge in [-0.25, -0.2) is 4.58 Å². The molecule has 2 aromatic carbocycles. The van der Waals surface area contributed by atoms with Crippen LogP contribution in [0.5, 0.6) is 23.0 Å². The maximum absolute atomic E-state index is 9.97. The average Bonchev–Trinajstić information content (AvgIpc) is 3.38. The van der Waals surface area contributed by atoms with Gasteiger partial charge in [-0.15, -0.1) is 0 Å². The van der Waals surface area contributed by atoms with Gasteiger partial charge in [0.2, 0.25) is 0 Å². The Morgan fingerprint density at radius 2 is 1.40 bits per heavy atom. The van der Waals surface area contributed by atoms with E-state index in [1.807, 2.05) is 24.3 Å². The molecule has 8 rings (SSSR count). The van der Waals surface area contributed by atoms with Crippen LogP contribution in [-0.2, 0) is 17.4 Å². The molecule has 6 atom stereocenters. The van der Waals surface area contributed by atoms with Crippen molar-refractivity contribution in [2.24, 2.45) is 0 Å². The fourth-order valence-electron chi connectivity index (χ4n) is 7.99. The summed E-state index contributed by atoms with van der Waals surface area (Å²) in [6.07, 6.45) is 12.8. The van der Waals surface area contributed by atoms with Crippen LogP contribution in [0.2, 0.25) is 0 Å². The Kier molecular flexibility index (Phi) is 14.0. The van der Waals surface area contributed by atoms with Gasteiger partial charge in [-0.1, -0.05) is 45.2 Å². The third kappa shape index (κ3) is 6.75. The topological polar surface area (TPSA) is 83.6 Å². The number of aliphatic hydroxyl groups is 2. The molecule has 4 heterocycles. The van der Waals surface area contributed by atoms with Crippen LogP contribution in [-0.4, -0.2) is 109 Å². The largest absolute Gasteiger partial charge is 1.00 e. The molecule has 0 saturated heterocycles. The zero-order valence-corrected chi connectivity index (χ0v) is 27.8. The second-order valence-electron chi connectivity index (χ2n) is 12.7. The molecule has 47 heavy (non-hydrogen) atoms. The van der Waals surface area contributed by atoms with Crippen LogP contribution in [0.4, 0.5) is 0 Å². The third-order valence-electron chi connectivity index (χ3n) is 10.1. The Bertz CT molecular complexity index is 1510. The second kappa shape index (κ2) is 15.9. The Balaban J connectivity index is 0.000000427. The molecule has 254 valence electrons. The maximum atomic E-state index is 9.97. The van der Waals surface area contributed by atoms with Crippen molar-refractivity contribution in [2.45, 2.75) is 82.3 Å². The summed E-state index contributed by atoms with van der Waals surface area (Å²) in [5.41, 5.74) is 4.76. The van der Waals surface area contributed by atoms with E-state index in [2.05, 4.69) is 54.1 Å². The molecule has 0 fully saturated rings. The smallest absolute Gasteiger partial charge is 1.00 e. The zero-order chi connectivity index (χ0) is 29.2. The Morgan fingerprint density at radius 3 is 1.98 bits per heavy atom. The van der Waals surface area contributed by atoms with Gasteiger partial charge in [0.25, 0.3) is 0 Å². The monoisotopic (exact) mass is 722 g/mol. The number of hydrogen-bond donors (Lipinski definition) is 2. The molecule has 6 aliphatic rings. The van der Waals surface area contributed by atoms with Gasteiger partial charge in [0, 0.05) is 42.5 Å². The summed E-state index contributed by atoms with van der Waals surface area (Å²) in [5.74, 6) is 3.32. The first-order valence-corrected chi connectivity index (χ1v) is 15.0. The molecule has 2 aromatic rings. The molecule has 0 bridgehead atoms. The van der Waals surface area contributed by atoms with E-state index < -0.39 is 12.2 Å². The van der Waals surface area contributed by atoms with E-state index in [9.17, 15) is 10.2 Å². The van der Waals surface area contributed by atoms with Crippen molar-refractivity contribution in [2.75, 3.05) is 41.4 Å². The van der Waals surface area contributed by atoms with Crippen LogP contribution in [0.1, 0.15) is 64.2 Å². The van der Waals surface area contributed by atoms with Gasteiger partial charge in [-0.3, -0.25) is 0 Å². The number of nitrogens with zero attached hydrogens (tertiary/aromatic N) is 2. The normalized spacial score (nSPS) is 29.7. The van der Waals surface area contributed by atoms with Crippen LogP contribution in [0, 0.1) is 0 Å². The quantitative estimate of drug-likeness (QED) is 0.202. The van der Waals surface area contributed by atoms with Crippen molar-refractivity contribution >= 4 is 23.6 Å². The van der Waals surface area contributed by atoms with Crippen molar-refractivity contribution in [3.05, 3.63) is 70.8 Å². The van der Waals surface area contributed by atoms with Crippen molar-refractivity contribution in [1.29, 1.82) is 0 Å². The van der Waals surface area contributed by atoms with E-state index >= 15 is 0 Å². The Morgan fingerprint density at radius 1 is 0.872 bits per heavy atom. The summed E-state index contributed by atoms with van der Waals surface area (Å²) in [4.78, 5) is 2.35. The molecule has 0 unspecified atom stereocenters. The summed E-state index contributed by atoms with van der Waals surface area (Å²) in [7, 11) is 7.62. The first-order valence-electron chi connectivity index (χ1n) is 15.0. The van der Waals surface area contributed by atoms with Gasteiger partial charge in [0.1, 0.15) is 25.8 Å². The number of halogens is 1. The number of methoxy groups -OCH3 is 2. The number of rotatable bonds is 2. The predicted molar refractivity (Wildman–Crippen MR) is 184 cm³/mol. The number of ether oxygens (including phenoxy) is 4. The fourth-order valence-corrected chi connectivity index (χ4v) is 7.99. The molecule has 0 amide bonds. The van der Waals surface area contributed by atoms with E-state index in [-0.39, 0.29) is 92.5 Å². The van der Waals surface area contributed by atoms with Crippen molar-refractivity contribution in [1.82, 2.24) is 4.90 Å². The number of benzene rings is 2. The number of aliphatic hydroxyl groups excluding tert-OH is 2. The predicted octanol–water partition coefficient (Wildman–Crippen LogP) is -2.46. The van der Waals surface area contributed by atoms with Gasteiger partial charge in [-0.2, -0.15) is 0 Å². The minimum atomic E-state index is -0.422. The third-order valence-corrected chi connectivity index (χ3v) is 10.1. The van der Waals surface area contributed by atoms with Gasteiger partial charge >= 0.3 is 18.9 Å². The summed E-state index contributed by atoms with van der Waals surface area (Å²) in [6, 6.07) is 8.23. The van der Waals surface area contributed by atoms with E-state index in [4.69, 9.17) is 18.9 Å². The summed E-state index contributed by atoms with van der Waals surface area (Å²) < 4.78 is 25.7. The average molecular weight is 724 g/mol. The van der Waals surface area contributed by atoms with Crippen LogP contribution in [0.3, 0.4) is 0 Å². The molecular formula is C36H53AlBrLiN2O6. The molecule has 4 aliphatic heterocycles. The number of hydrogen-bond acceptors (Lipinski definition) is 7. The molecule has 2 aliphatic carbocycles. The summed E-state index contributed by atoms with van der Waals surface area (Å²) in [6.45, 7) is 2.92. The molecule has 2 spiro atoms. The van der Waals surface area contributed by atoms with Crippen LogP contribution in [0.15, 0.2) is 48.6 Å². The van der Waals surface area contributed by atoms with Gasteiger partial charge in [0.05, 0.1) is 37.3 Å². The van der Waals surface area contributed by atoms with Gasteiger partial charge in [-0.05, 0) is 43.8 Å². The van der Waals surface area contributed by atoms with Crippen molar-refractivity contribution in [3.63, 3.8) is 0 Å². The van der Waals surface area contributed by atoms with Gasteiger partial charge in [0.15, 0.2) is 46.6 Å². The molecular weight excluding hydrogens is 670 g/mol. The van der Waals surface area contributed by atoms with Crippen molar-refractivity contribution < 1.29 is 71.0 Å². The summed E-state index contributed by atoms with van der Waals surface area (Å²) >= 11 is 0. The first kappa shape index (κ1) is 41.5. The van der Waals surface area contributed by atoms with E-state index in [1.165, 1.54) is 22.3 Å². The van der Waals surface area contributed by atoms with Gasteiger partial charge < -0.3 is 52.5 Å². The fraction of sp³-hybridized carbons (Fsp3) is 0.528. The standard InChI is InChI=1S/C17H21NO3.C17H20NO3.2CH4.Al.BrH.Li.4H/c2*1-18-8-7-17-6-5-12(19)9-14(17)21-16-13(20-2)4-3-11(10-18)15(16)17;;;;;;;;;/h3-6,12,14,19H,7-10H2,1-2H3;3-6,10,12,14,19H,7-9H2,1-2H3;2*1H4;;1H;;;;;/q;+1;;;;;+1;;;;-1/p-1/t2*12-,14-,17-;;;;;;;;;/m00........./s1. The van der Waals surface area contributed by atoms with Crippen LogP contribution < -0.4 is 54.8 Å². The van der Waals surface area contributed by atoms with Crippen LogP contribution in [0.25, 0.3) is 0 Å². The van der Waals surface area contributed by atoms with E-state index in [0.717, 1.165) is 55.5 Å². The molecule has 2 N–H and O–H groups in total. The molecule has 11 heteroatoms. The molecule has 0 aromatic heterocycles. The molecule has 0 radical (unpaired) electrons. The Labute approximate surface area is 315 Å². The van der Waals surface area contributed by atoms with Crippen LogP contribution >= 0.6 is 0 Å². The van der Waals surface area contributed by atoms with Crippen molar-refractivity contribution in [3.8, 4) is 23.0 Å². The molecule has 8 nitrogen and oxygen atoms in total. The SMILES string of the molecule is C.C.COc1ccc2c3c1O[C@H]1C[C@@H](O)C=C[C@@]31CCN(C)C2.COc1ccc2c3c1O[C@H]1C[C@@H](O)C=C[C@@]31CC[N+](C)=C2.[AlH3].[Br-].[H-].[Li+]. The molecule has 0 saturated carbocycles. The maximum Gasteiger partial charge on any atom is 1.00 e. The Hall–Kier alpha value is -1.72. The first-order chi connectivity index (χ1) is 20.3. The zero-order valence-electron chi connectivity index (χ0n) is 27.3. The second-order valence-corrected chi connectivity index (χ2v) is 12.7. The van der Waals surface area contributed by atoms with E-state index in [0.29, 0.717) is 12.8 Å². The minimum Gasteiger partial charge on any atom is -1.00 e. The summed E-state index contributed by atoms with van der Waals surface area (Å²) in [5, 5.41) is 19.9.